The molecule has 1 heterocycles. The van der Waals surface area contributed by atoms with Gasteiger partial charge in [-0.25, -0.2) is 18.5 Å². The number of benzene rings is 3. The highest BCUT2D eigenvalue weighted by Crippen LogP contribution is 2.34. The Morgan fingerprint density at radius 2 is 1.67 bits per heavy atom. The first-order valence-electron chi connectivity index (χ1n) is 9.86. The second kappa shape index (κ2) is 8.89. The first-order valence-corrected chi connectivity index (χ1v) is 11.4. The maximum absolute atomic E-state index is 13.2. The molecule has 3 N–H and O–H groups in total. The highest BCUT2D eigenvalue weighted by atomic mass is 32.2. The number of nitrogens with two attached hydrogens (primary N) is 1. The minimum absolute atomic E-state index is 0.0382. The van der Waals surface area contributed by atoms with E-state index in [9.17, 15) is 13.2 Å². The van der Waals surface area contributed by atoms with Crippen molar-refractivity contribution in [3.05, 3.63) is 78.4 Å². The Balaban J connectivity index is 1.77. The van der Waals surface area contributed by atoms with E-state index in [-0.39, 0.29) is 10.8 Å². The number of para-hydroxylation sites is 1. The number of methoxy groups -OCH3 is 2. The van der Waals surface area contributed by atoms with Crippen molar-refractivity contribution in [2.24, 2.45) is 5.14 Å². The lowest BCUT2D eigenvalue weighted by Crippen LogP contribution is -2.14. The van der Waals surface area contributed by atoms with Crippen molar-refractivity contribution in [1.29, 1.82) is 0 Å². The molecule has 9 heteroatoms. The highest BCUT2D eigenvalue weighted by molar-refractivity contribution is 7.89. The number of ether oxygens (including phenoxy) is 2. The van der Waals surface area contributed by atoms with E-state index >= 15 is 0 Å². The number of hydrogen-bond acceptors (Lipinski definition) is 6. The van der Waals surface area contributed by atoms with Gasteiger partial charge in [-0.3, -0.25) is 4.79 Å². The van der Waals surface area contributed by atoms with Crippen LogP contribution in [0.3, 0.4) is 0 Å². The maximum Gasteiger partial charge on any atom is 0.256 e. The number of amides is 1. The fraction of sp³-hybridized carbons (Fsp3) is 0.0833. The monoisotopic (exact) mass is 463 g/mol. The molecule has 3 aromatic carbocycles. The number of primary sulfonamides is 1. The molecule has 8 nitrogen and oxygen atoms in total. The zero-order valence-electron chi connectivity index (χ0n) is 17.9. The summed E-state index contributed by atoms with van der Waals surface area (Å²) in [7, 11) is -0.695. The average molecular weight is 464 g/mol. The number of fused-ring (bicyclic) bond motifs is 1. The van der Waals surface area contributed by atoms with Crippen LogP contribution < -0.4 is 19.9 Å². The van der Waals surface area contributed by atoms with E-state index in [4.69, 9.17) is 19.6 Å². The quantitative estimate of drug-likeness (QED) is 0.448. The molecule has 4 aromatic rings. The molecule has 0 radical (unpaired) electrons. The van der Waals surface area contributed by atoms with Gasteiger partial charge in [-0.05, 0) is 48.5 Å². The Hall–Kier alpha value is -3.95. The van der Waals surface area contributed by atoms with E-state index < -0.39 is 10.0 Å². The van der Waals surface area contributed by atoms with Crippen molar-refractivity contribution in [2.75, 3.05) is 19.5 Å². The summed E-state index contributed by atoms with van der Waals surface area (Å²) in [5.74, 6) is 0.824. The Labute approximate surface area is 191 Å². The van der Waals surface area contributed by atoms with Crippen LogP contribution >= 0.6 is 0 Å². The van der Waals surface area contributed by atoms with Gasteiger partial charge in [-0.15, -0.1) is 0 Å². The molecule has 0 bridgehead atoms. The second-order valence-electron chi connectivity index (χ2n) is 7.16. The number of sulfonamides is 1. The van der Waals surface area contributed by atoms with Crippen LogP contribution in [0, 0.1) is 0 Å². The second-order valence-corrected chi connectivity index (χ2v) is 8.72. The molecule has 0 spiro atoms. The molecular weight excluding hydrogens is 442 g/mol. The zero-order valence-corrected chi connectivity index (χ0v) is 18.7. The van der Waals surface area contributed by atoms with Gasteiger partial charge in [-0.2, -0.15) is 0 Å². The van der Waals surface area contributed by atoms with Crippen molar-refractivity contribution in [3.8, 4) is 22.8 Å². The van der Waals surface area contributed by atoms with E-state index in [0.717, 1.165) is 0 Å². The van der Waals surface area contributed by atoms with E-state index in [2.05, 4.69) is 5.32 Å². The molecule has 0 fully saturated rings. The number of pyridine rings is 1. The molecule has 0 saturated carbocycles. The van der Waals surface area contributed by atoms with Gasteiger partial charge in [0, 0.05) is 22.7 Å². The predicted molar refractivity (Wildman–Crippen MR) is 126 cm³/mol. The van der Waals surface area contributed by atoms with Gasteiger partial charge in [0.15, 0.2) is 0 Å². The van der Waals surface area contributed by atoms with E-state index in [1.807, 2.05) is 30.3 Å². The first kappa shape index (κ1) is 22.3. The lowest BCUT2D eigenvalue weighted by Gasteiger charge is -2.13. The van der Waals surface area contributed by atoms with E-state index in [1.165, 1.54) is 24.3 Å². The minimum atomic E-state index is -3.82. The lowest BCUT2D eigenvalue weighted by atomic mass is 10.0. The van der Waals surface area contributed by atoms with Crippen LogP contribution in [0.5, 0.6) is 11.5 Å². The standard InChI is InChI=1S/C24H21N3O5S/c1-31-16-9-12-19(23(13-16)32-2)22-14-20(18-5-3-4-6-21(18)27-22)24(28)26-15-7-10-17(11-8-15)33(25,29)30/h3-14H,1-2H3,(H,26,28)(H2,25,29,30). The summed E-state index contributed by atoms with van der Waals surface area (Å²) in [6, 6.07) is 20.0. The lowest BCUT2D eigenvalue weighted by molar-refractivity contribution is 0.102. The number of nitrogens with zero attached hydrogens (tertiary/aromatic N) is 1. The number of hydrogen-bond donors (Lipinski definition) is 2. The normalized spacial score (nSPS) is 11.2. The topological polar surface area (TPSA) is 121 Å². The predicted octanol–water partition coefficient (Wildman–Crippen LogP) is 3.82. The third kappa shape index (κ3) is 4.64. The van der Waals surface area contributed by atoms with Crippen LogP contribution in [0.25, 0.3) is 22.2 Å². The smallest absolute Gasteiger partial charge is 0.256 e. The van der Waals surface area contributed by atoms with Crippen LogP contribution in [-0.4, -0.2) is 33.5 Å². The van der Waals surface area contributed by atoms with Crippen molar-refractivity contribution >= 4 is 32.5 Å². The fourth-order valence-corrected chi connectivity index (χ4v) is 3.95. The average Bonchev–Trinajstić information content (AvgIpc) is 2.82. The summed E-state index contributed by atoms with van der Waals surface area (Å²) >= 11 is 0. The molecule has 168 valence electrons. The Bertz CT molecular complexity index is 1450. The summed E-state index contributed by atoms with van der Waals surface area (Å²) in [6.45, 7) is 0. The van der Waals surface area contributed by atoms with Gasteiger partial charge >= 0.3 is 0 Å². The molecule has 0 aliphatic heterocycles. The van der Waals surface area contributed by atoms with Gasteiger partial charge in [0.05, 0.1) is 35.9 Å². The number of anilines is 1. The van der Waals surface area contributed by atoms with E-state index in [0.29, 0.717) is 44.9 Å². The van der Waals surface area contributed by atoms with Crippen molar-refractivity contribution in [3.63, 3.8) is 0 Å². The third-order valence-electron chi connectivity index (χ3n) is 5.09. The number of nitrogens with one attached hydrogen (secondary N) is 1. The van der Waals surface area contributed by atoms with E-state index in [1.54, 1.807) is 32.4 Å². The molecule has 0 unspecified atom stereocenters. The number of carbonyl (C=O) groups excluding carboxylic acids is 1. The minimum Gasteiger partial charge on any atom is -0.497 e. The molecule has 0 aliphatic carbocycles. The molecule has 0 atom stereocenters. The molecule has 33 heavy (non-hydrogen) atoms. The van der Waals surface area contributed by atoms with Gasteiger partial charge in [0.25, 0.3) is 5.91 Å². The summed E-state index contributed by atoms with van der Waals surface area (Å²) in [5, 5.41) is 8.61. The van der Waals surface area contributed by atoms with Gasteiger partial charge in [0.2, 0.25) is 10.0 Å². The Morgan fingerprint density at radius 3 is 2.33 bits per heavy atom. The Morgan fingerprint density at radius 1 is 0.939 bits per heavy atom. The van der Waals surface area contributed by atoms with Crippen molar-refractivity contribution in [1.82, 2.24) is 4.98 Å². The SMILES string of the molecule is COc1ccc(-c2cc(C(=O)Nc3ccc(S(N)(=O)=O)cc3)c3ccccc3n2)c(OC)c1. The van der Waals surface area contributed by atoms with Crippen LogP contribution in [0.4, 0.5) is 5.69 Å². The molecule has 1 amide bonds. The molecule has 1 aromatic heterocycles. The molecule has 0 saturated heterocycles. The highest BCUT2D eigenvalue weighted by Gasteiger charge is 2.17. The molecule has 0 aliphatic rings. The van der Waals surface area contributed by atoms with Crippen LogP contribution in [0.15, 0.2) is 77.7 Å². The van der Waals surface area contributed by atoms with Gasteiger partial charge in [0.1, 0.15) is 11.5 Å². The first-order chi connectivity index (χ1) is 15.8. The third-order valence-corrected chi connectivity index (χ3v) is 6.02. The van der Waals surface area contributed by atoms with Gasteiger partial charge in [-0.1, -0.05) is 18.2 Å². The molecule has 4 rings (SSSR count). The van der Waals surface area contributed by atoms with Gasteiger partial charge < -0.3 is 14.8 Å². The number of carbonyl (C=O) groups is 1. The molecular formula is C24H21N3O5S. The summed E-state index contributed by atoms with van der Waals surface area (Å²) in [6.07, 6.45) is 0. The van der Waals surface area contributed by atoms with Crippen LogP contribution in [0.1, 0.15) is 10.4 Å². The largest absolute Gasteiger partial charge is 0.497 e. The van der Waals surface area contributed by atoms with Crippen molar-refractivity contribution < 1.29 is 22.7 Å². The van der Waals surface area contributed by atoms with Crippen LogP contribution in [-0.2, 0) is 10.0 Å². The number of aromatic nitrogens is 1. The summed E-state index contributed by atoms with van der Waals surface area (Å²) in [4.78, 5) is 17.9. The number of rotatable bonds is 6. The van der Waals surface area contributed by atoms with Crippen LogP contribution in [0.2, 0.25) is 0 Å². The fourth-order valence-electron chi connectivity index (χ4n) is 3.44. The summed E-state index contributed by atoms with van der Waals surface area (Å²) < 4.78 is 33.7. The zero-order chi connectivity index (χ0) is 23.6. The Kier molecular flexibility index (Phi) is 5.99. The maximum atomic E-state index is 13.2. The van der Waals surface area contributed by atoms with Crippen molar-refractivity contribution in [2.45, 2.75) is 4.90 Å². The summed E-state index contributed by atoms with van der Waals surface area (Å²) in [5.41, 5.74) is 2.74.